The molecule has 1 aliphatic carbocycles. The SMILES string of the molecule is CC(=O)C=C(C)O.CC(=O)C=C(C)O.CC(=O)C=C(C)O.CC1(C)c2ccccc2-c2c[c-]c(-c3ccc4ccccc4n3)cc21.Cc1[c-]c(-c2ccc3ccccc3n2)c(C)cc1.Cc1[c-]c(-c2ccc3ccccc3n2)cc(C)c1.Cc1ccnc(-c2[c-]ccc(-c3ccc(F)cc3)c2)c1C.[Ir].[Ir].[Ir].[Ir].[Ir].[c-]1ccccc1-c1ccccn1. The van der Waals surface area contributed by atoms with Gasteiger partial charge >= 0.3 is 0 Å². The van der Waals surface area contributed by atoms with Gasteiger partial charge < -0.3 is 25.3 Å². The van der Waals surface area contributed by atoms with Crippen molar-refractivity contribution in [2.75, 3.05) is 0 Å². The first-order chi connectivity index (χ1) is 55.1. The Kier molecular flexibility index (Phi) is 42.4. The van der Waals surface area contributed by atoms with Crippen molar-refractivity contribution < 1.29 is 135 Å². The number of halogens is 1. The molecule has 0 saturated carbocycles. The standard InChI is InChI=1S/C24H18N.C19H15FN.2C17H14N.C11H8N.3C5H8O2.5Ir/c1-24(2)20-9-5-4-8-18(20)19-13-11-17(15-21(19)24)23-14-12-16-7-3-6-10-22(16)25-23;1-13-10-11-21-19(14(13)2)17-5-3-4-16(12-17)15-6-8-18(20)9-7-15;1-12-9-13(2)11-15(10-12)17-8-7-14-5-3-4-6-16(14)18-17;1-12-7-8-13(2)15(11-12)17-10-9-14-5-3-4-6-16(14)18-17;1-2-6-10(7-3-1)11-8-4-5-9-12-11;3*1-4(6)3-5(2)7;;;;;/h3-10,12-15H,1-2H3;3-4,6-12H,1-2H3;2*3-10H,1-2H3;1-6,8-9H;3*3,6H,1-2H3;;;;;/q5*-1;;;;;;;;. The monoisotopic (exact) mass is 2480 g/mol. The molecule has 0 bridgehead atoms. The van der Waals surface area contributed by atoms with Crippen molar-refractivity contribution in [1.29, 1.82) is 0 Å². The number of carbonyl (C=O) groups is 3. The number of aromatic nitrogens is 5. The Morgan fingerprint density at radius 2 is 0.892 bits per heavy atom. The van der Waals surface area contributed by atoms with E-state index in [1.165, 1.54) is 127 Å². The molecule has 3 N–H and O–H groups in total. The van der Waals surface area contributed by atoms with Gasteiger partial charge in [-0.05, 0) is 159 Å². The minimum absolute atomic E-state index is 0. The number of aryl methyl sites for hydroxylation is 5. The van der Waals surface area contributed by atoms with E-state index in [9.17, 15) is 18.8 Å². The molecule has 0 spiro atoms. The van der Waals surface area contributed by atoms with Gasteiger partial charge in [-0.25, -0.2) is 4.39 Å². The van der Waals surface area contributed by atoms with Crippen LogP contribution in [0.1, 0.15) is 99.9 Å². The van der Waals surface area contributed by atoms with Crippen molar-refractivity contribution in [3.05, 3.63) is 389 Å². The second-order valence-electron chi connectivity index (χ2n) is 28.2. The molecule has 0 aliphatic heterocycles. The van der Waals surface area contributed by atoms with Crippen LogP contribution >= 0.6 is 0 Å². The number of carbonyl (C=O) groups excluding carboxylic acids is 3. The van der Waals surface area contributed by atoms with Crippen molar-refractivity contribution in [2.45, 2.75) is 102 Å². The van der Waals surface area contributed by atoms with Crippen LogP contribution < -0.4 is 0 Å². The summed E-state index contributed by atoms with van der Waals surface area (Å²) in [7, 11) is 0. The third-order valence-electron chi connectivity index (χ3n) is 18.2. The van der Waals surface area contributed by atoms with Gasteiger partial charge in [0, 0.05) is 131 Å². The number of hydrogen-bond acceptors (Lipinski definition) is 11. The summed E-state index contributed by atoms with van der Waals surface area (Å²) < 4.78 is 13.0. The second kappa shape index (κ2) is 49.9. The zero-order valence-corrected chi connectivity index (χ0v) is 81.0. The van der Waals surface area contributed by atoms with Crippen molar-refractivity contribution >= 4 is 50.1 Å². The van der Waals surface area contributed by atoms with E-state index < -0.39 is 0 Å². The van der Waals surface area contributed by atoms with E-state index in [0.717, 1.165) is 101 Å². The first kappa shape index (κ1) is 102. The average molecular weight is 2480 g/mol. The number of para-hydroxylation sites is 3. The minimum atomic E-state index is -0.224. The van der Waals surface area contributed by atoms with Crippen LogP contribution in [0.15, 0.2) is 309 Å². The number of pyridine rings is 5. The first-order valence-corrected chi connectivity index (χ1v) is 37.6. The molecule has 16 rings (SSSR count). The molecule has 5 radical (unpaired) electrons. The molecule has 10 aromatic carbocycles. The van der Waals surface area contributed by atoms with E-state index >= 15 is 0 Å². The maximum Gasteiger partial charge on any atom is 0.155 e. The maximum atomic E-state index is 13.0. The van der Waals surface area contributed by atoms with E-state index in [0.29, 0.717) is 0 Å². The van der Waals surface area contributed by atoms with Gasteiger partial charge in [0.25, 0.3) is 0 Å². The molecule has 0 fully saturated rings. The van der Waals surface area contributed by atoms with Gasteiger partial charge in [-0.15, -0.1) is 170 Å². The number of nitrogens with zero attached hydrogens (tertiary/aromatic N) is 5. The number of hydrogen-bond donors (Lipinski definition) is 3. The molecule has 0 saturated heterocycles. The van der Waals surface area contributed by atoms with Crippen molar-refractivity contribution in [1.82, 2.24) is 24.9 Å². The number of ketones is 3. The fraction of sp³-hybridized carbons (Fsp3) is 0.146. The van der Waals surface area contributed by atoms with E-state index in [1.807, 2.05) is 121 Å². The van der Waals surface area contributed by atoms with Crippen molar-refractivity contribution in [3.8, 4) is 78.5 Å². The summed E-state index contributed by atoms with van der Waals surface area (Å²) in [5.41, 5.74) is 27.7. The molecule has 17 heteroatoms. The Bertz CT molecular complexity index is 5860. The summed E-state index contributed by atoms with van der Waals surface area (Å²) in [5.74, 6) is -0.412. The molecular formula is C103H93FIr5N5O6-5. The number of fused-ring (bicyclic) bond motifs is 6. The van der Waals surface area contributed by atoms with E-state index in [-0.39, 0.29) is 146 Å². The summed E-state index contributed by atoms with van der Waals surface area (Å²) in [6.07, 6.45) is 7.10. The topological polar surface area (TPSA) is 176 Å². The summed E-state index contributed by atoms with van der Waals surface area (Å²) in [5, 5.41) is 28.6. The second-order valence-corrected chi connectivity index (χ2v) is 28.2. The Hall–Kier alpha value is -10.5. The zero-order valence-electron chi connectivity index (χ0n) is 69.1. The smallest absolute Gasteiger partial charge is 0.155 e. The van der Waals surface area contributed by atoms with Gasteiger partial charge in [-0.1, -0.05) is 203 Å². The molecule has 0 atom stereocenters. The number of aliphatic hydroxyl groups is 3. The van der Waals surface area contributed by atoms with Crippen LogP contribution in [0.4, 0.5) is 4.39 Å². The maximum absolute atomic E-state index is 13.0. The molecule has 0 unspecified atom stereocenters. The summed E-state index contributed by atoms with van der Waals surface area (Å²) in [6, 6.07) is 103. The normalized spacial score (nSPS) is 11.0. The van der Waals surface area contributed by atoms with Crippen LogP contribution in [0.2, 0.25) is 0 Å². The van der Waals surface area contributed by atoms with Crippen LogP contribution in [0.5, 0.6) is 0 Å². The Balaban J connectivity index is 0.000000298. The van der Waals surface area contributed by atoms with Crippen LogP contribution in [0.25, 0.3) is 111 Å². The molecular weight excluding hydrogens is 2380 g/mol. The van der Waals surface area contributed by atoms with Crippen LogP contribution in [0.3, 0.4) is 0 Å². The largest absolute Gasteiger partial charge is 0.512 e. The molecule has 15 aromatic rings. The van der Waals surface area contributed by atoms with Gasteiger partial charge in [0.2, 0.25) is 0 Å². The number of benzene rings is 10. The quantitative estimate of drug-likeness (QED) is 0.0712. The number of aliphatic hydroxyl groups excluding tert-OH is 3. The third kappa shape index (κ3) is 30.4. The minimum Gasteiger partial charge on any atom is -0.512 e. The van der Waals surface area contributed by atoms with Gasteiger partial charge in [0.05, 0.1) is 33.8 Å². The van der Waals surface area contributed by atoms with E-state index in [1.54, 1.807) is 18.3 Å². The van der Waals surface area contributed by atoms with Crippen LogP contribution in [-0.4, -0.2) is 57.6 Å². The van der Waals surface area contributed by atoms with Gasteiger partial charge in [0.15, 0.2) is 17.3 Å². The van der Waals surface area contributed by atoms with Gasteiger partial charge in [-0.2, -0.15) is 0 Å². The molecule has 120 heavy (non-hydrogen) atoms. The van der Waals surface area contributed by atoms with Gasteiger partial charge in [-0.3, -0.25) is 29.3 Å². The van der Waals surface area contributed by atoms with Gasteiger partial charge in [0.1, 0.15) is 5.82 Å². The summed E-state index contributed by atoms with van der Waals surface area (Å²) >= 11 is 0. The molecule has 5 aromatic heterocycles. The molecule has 11 nitrogen and oxygen atoms in total. The first-order valence-electron chi connectivity index (χ1n) is 37.6. The van der Waals surface area contributed by atoms with Crippen molar-refractivity contribution in [3.63, 3.8) is 0 Å². The zero-order chi connectivity index (χ0) is 82.7. The fourth-order valence-electron chi connectivity index (χ4n) is 12.7. The summed E-state index contributed by atoms with van der Waals surface area (Å²) in [6.45, 7) is 25.6. The molecule has 623 valence electrons. The fourth-order valence-corrected chi connectivity index (χ4v) is 12.7. The Labute approximate surface area is 772 Å². The number of rotatable bonds is 9. The molecule has 0 amide bonds. The predicted molar refractivity (Wildman–Crippen MR) is 468 cm³/mol. The number of allylic oxidation sites excluding steroid dienone is 6. The van der Waals surface area contributed by atoms with Crippen LogP contribution in [-0.2, 0) is 120 Å². The Morgan fingerprint density at radius 3 is 1.41 bits per heavy atom. The van der Waals surface area contributed by atoms with E-state index in [4.69, 9.17) is 30.3 Å². The van der Waals surface area contributed by atoms with E-state index in [2.05, 4.69) is 217 Å². The Morgan fingerprint density at radius 1 is 0.383 bits per heavy atom. The molecule has 1 aliphatic rings. The van der Waals surface area contributed by atoms with Crippen LogP contribution in [0, 0.1) is 77.7 Å². The van der Waals surface area contributed by atoms with Crippen molar-refractivity contribution in [2.24, 2.45) is 0 Å². The predicted octanol–water partition coefficient (Wildman–Crippen LogP) is 25.3. The molecule has 5 heterocycles. The average Bonchev–Trinajstić information content (AvgIpc) is 1.58. The third-order valence-corrected chi connectivity index (χ3v) is 18.2. The summed E-state index contributed by atoms with van der Waals surface area (Å²) in [4.78, 5) is 53.0.